The van der Waals surface area contributed by atoms with E-state index in [0.29, 0.717) is 12.8 Å². The van der Waals surface area contributed by atoms with E-state index in [1.54, 1.807) is 20.1 Å². The fourth-order valence-corrected chi connectivity index (χ4v) is 2.78. The van der Waals surface area contributed by atoms with Crippen LogP contribution in [0.3, 0.4) is 0 Å². The van der Waals surface area contributed by atoms with Crippen molar-refractivity contribution in [1.82, 2.24) is 0 Å². The molecule has 4 heteroatoms. The number of hydrogen-bond donors (Lipinski definition) is 0. The second-order valence-electron chi connectivity index (χ2n) is 5.29. The second kappa shape index (κ2) is 6.12. The van der Waals surface area contributed by atoms with Gasteiger partial charge in [0.1, 0.15) is 17.1 Å². The minimum atomic E-state index is -0.739. The summed E-state index contributed by atoms with van der Waals surface area (Å²) in [4.78, 5) is 23.2. The van der Waals surface area contributed by atoms with Gasteiger partial charge in [-0.3, -0.25) is 0 Å². The van der Waals surface area contributed by atoms with Crippen molar-refractivity contribution in [2.75, 3.05) is 7.11 Å². The standard InChI is InChI=1S/C17H20O4/c1-4-17(10-9-16(19)21-17)15(11-12(2)18)13-5-7-14(20-3)8-6-13/h5-10,15H,4,11H2,1-3H3/t15-,17+/m1/s1. The van der Waals surface area contributed by atoms with Gasteiger partial charge in [-0.2, -0.15) is 0 Å². The van der Waals surface area contributed by atoms with Crippen LogP contribution in [-0.4, -0.2) is 24.5 Å². The molecule has 1 aliphatic rings. The number of ketones is 1. The van der Waals surface area contributed by atoms with Crippen molar-refractivity contribution in [3.63, 3.8) is 0 Å². The first-order valence-corrected chi connectivity index (χ1v) is 7.06. The third kappa shape index (κ3) is 3.15. The number of carbonyl (C=O) groups is 2. The SMILES string of the molecule is CC[C@@]1([C@H](CC(C)=O)c2ccc(OC)cc2)C=CC(=O)O1. The van der Waals surface area contributed by atoms with Crippen LogP contribution in [0, 0.1) is 0 Å². The van der Waals surface area contributed by atoms with E-state index in [4.69, 9.17) is 9.47 Å². The van der Waals surface area contributed by atoms with E-state index in [1.165, 1.54) is 6.08 Å². The van der Waals surface area contributed by atoms with E-state index < -0.39 is 5.60 Å². The van der Waals surface area contributed by atoms with Crippen LogP contribution in [0.4, 0.5) is 0 Å². The first-order valence-electron chi connectivity index (χ1n) is 7.06. The number of methoxy groups -OCH3 is 1. The Morgan fingerprint density at radius 3 is 2.43 bits per heavy atom. The van der Waals surface area contributed by atoms with Crippen LogP contribution in [0.1, 0.15) is 38.2 Å². The molecule has 2 rings (SSSR count). The average molecular weight is 288 g/mol. The molecule has 1 aromatic rings. The number of hydrogen-bond acceptors (Lipinski definition) is 4. The van der Waals surface area contributed by atoms with Gasteiger partial charge >= 0.3 is 5.97 Å². The van der Waals surface area contributed by atoms with Gasteiger partial charge in [0.2, 0.25) is 0 Å². The van der Waals surface area contributed by atoms with Crippen LogP contribution in [0.15, 0.2) is 36.4 Å². The van der Waals surface area contributed by atoms with Crippen LogP contribution >= 0.6 is 0 Å². The molecule has 0 aliphatic carbocycles. The molecule has 0 spiro atoms. The summed E-state index contributed by atoms with van der Waals surface area (Å²) in [7, 11) is 1.61. The second-order valence-corrected chi connectivity index (χ2v) is 5.29. The van der Waals surface area contributed by atoms with E-state index in [-0.39, 0.29) is 17.7 Å². The maximum atomic E-state index is 11.7. The van der Waals surface area contributed by atoms with Gasteiger partial charge in [0, 0.05) is 18.4 Å². The third-order valence-electron chi connectivity index (χ3n) is 3.94. The highest BCUT2D eigenvalue weighted by Gasteiger charge is 2.43. The van der Waals surface area contributed by atoms with E-state index in [9.17, 15) is 9.59 Å². The summed E-state index contributed by atoms with van der Waals surface area (Å²) in [5, 5.41) is 0. The van der Waals surface area contributed by atoms with Crippen molar-refractivity contribution in [3.8, 4) is 5.75 Å². The molecule has 0 saturated heterocycles. The molecule has 4 nitrogen and oxygen atoms in total. The quantitative estimate of drug-likeness (QED) is 0.755. The van der Waals surface area contributed by atoms with Crippen LogP contribution in [0.5, 0.6) is 5.75 Å². The molecule has 0 N–H and O–H groups in total. The summed E-state index contributed by atoms with van der Waals surface area (Å²) in [6.07, 6.45) is 4.18. The molecular weight excluding hydrogens is 268 g/mol. The molecule has 0 aromatic heterocycles. The highest BCUT2D eigenvalue weighted by Crippen LogP contribution is 2.41. The number of cyclic esters (lactones) is 1. The molecule has 0 unspecified atom stereocenters. The highest BCUT2D eigenvalue weighted by molar-refractivity contribution is 5.86. The topological polar surface area (TPSA) is 52.6 Å². The predicted octanol–water partition coefficient (Wildman–Crippen LogP) is 3.02. The molecule has 21 heavy (non-hydrogen) atoms. The Bertz CT molecular complexity index is 559. The molecule has 1 heterocycles. The van der Waals surface area contributed by atoms with Gasteiger partial charge in [-0.15, -0.1) is 0 Å². The summed E-state index contributed by atoms with van der Waals surface area (Å²) in [6.45, 7) is 3.51. The molecule has 1 aromatic carbocycles. The zero-order chi connectivity index (χ0) is 15.5. The van der Waals surface area contributed by atoms with Crippen molar-refractivity contribution >= 4 is 11.8 Å². The number of benzene rings is 1. The third-order valence-corrected chi connectivity index (χ3v) is 3.94. The molecule has 0 amide bonds. The van der Waals surface area contributed by atoms with Gasteiger partial charge in [0.15, 0.2) is 0 Å². The number of carbonyl (C=O) groups excluding carboxylic acids is 2. The molecule has 0 saturated carbocycles. The van der Waals surface area contributed by atoms with Crippen LogP contribution in [0.2, 0.25) is 0 Å². The van der Waals surface area contributed by atoms with Gasteiger partial charge in [-0.25, -0.2) is 4.79 Å². The van der Waals surface area contributed by atoms with E-state index in [2.05, 4.69) is 0 Å². The van der Waals surface area contributed by atoms with E-state index in [1.807, 2.05) is 31.2 Å². The van der Waals surface area contributed by atoms with Gasteiger partial charge in [-0.05, 0) is 37.1 Å². The minimum Gasteiger partial charge on any atom is -0.497 e. The normalized spacial score (nSPS) is 22.0. The lowest BCUT2D eigenvalue weighted by atomic mass is 9.77. The Morgan fingerprint density at radius 1 is 1.33 bits per heavy atom. The number of rotatable bonds is 6. The molecule has 2 atom stereocenters. The van der Waals surface area contributed by atoms with Crippen LogP contribution in [0.25, 0.3) is 0 Å². The first kappa shape index (κ1) is 15.3. The van der Waals surface area contributed by atoms with E-state index in [0.717, 1.165) is 11.3 Å². The molecule has 0 fully saturated rings. The molecule has 0 bridgehead atoms. The largest absolute Gasteiger partial charge is 0.497 e. The Balaban J connectivity index is 2.39. The predicted molar refractivity (Wildman–Crippen MR) is 79.3 cm³/mol. The highest BCUT2D eigenvalue weighted by atomic mass is 16.6. The summed E-state index contributed by atoms with van der Waals surface area (Å²) in [6, 6.07) is 7.55. The fourth-order valence-electron chi connectivity index (χ4n) is 2.78. The molecule has 112 valence electrons. The van der Waals surface area contributed by atoms with Crippen LogP contribution < -0.4 is 4.74 Å². The van der Waals surface area contributed by atoms with Gasteiger partial charge in [-0.1, -0.05) is 19.1 Å². The lowest BCUT2D eigenvalue weighted by Crippen LogP contribution is -2.36. The molecule has 0 radical (unpaired) electrons. The Morgan fingerprint density at radius 2 is 2.00 bits per heavy atom. The molecular formula is C17H20O4. The van der Waals surface area contributed by atoms with E-state index >= 15 is 0 Å². The Labute approximate surface area is 124 Å². The van der Waals surface area contributed by atoms with Gasteiger partial charge in [0.05, 0.1) is 7.11 Å². The van der Waals surface area contributed by atoms with Crippen molar-refractivity contribution in [2.45, 2.75) is 38.2 Å². The number of Topliss-reactive ketones (excluding diaryl/α,β-unsaturated/α-hetero) is 1. The fraction of sp³-hybridized carbons (Fsp3) is 0.412. The minimum absolute atomic E-state index is 0.0694. The van der Waals surface area contributed by atoms with Gasteiger partial charge < -0.3 is 14.3 Å². The summed E-state index contributed by atoms with van der Waals surface area (Å²) in [5.41, 5.74) is 0.226. The first-order chi connectivity index (χ1) is 10.0. The zero-order valence-corrected chi connectivity index (χ0v) is 12.6. The summed E-state index contributed by atoms with van der Waals surface area (Å²) >= 11 is 0. The van der Waals surface area contributed by atoms with Crippen molar-refractivity contribution in [2.24, 2.45) is 0 Å². The Kier molecular flexibility index (Phi) is 4.46. The maximum absolute atomic E-state index is 11.7. The maximum Gasteiger partial charge on any atom is 0.331 e. The number of ether oxygens (including phenoxy) is 2. The zero-order valence-electron chi connectivity index (χ0n) is 12.6. The Hall–Kier alpha value is -2.10. The smallest absolute Gasteiger partial charge is 0.331 e. The van der Waals surface area contributed by atoms with Crippen molar-refractivity contribution in [3.05, 3.63) is 42.0 Å². The number of esters is 1. The van der Waals surface area contributed by atoms with Crippen LogP contribution in [-0.2, 0) is 14.3 Å². The summed E-state index contributed by atoms with van der Waals surface area (Å²) in [5.74, 6) is 0.289. The van der Waals surface area contributed by atoms with Crippen molar-refractivity contribution in [1.29, 1.82) is 0 Å². The molecule has 1 aliphatic heterocycles. The average Bonchev–Trinajstić information content (AvgIpc) is 2.87. The lowest BCUT2D eigenvalue weighted by Gasteiger charge is -2.34. The monoisotopic (exact) mass is 288 g/mol. The summed E-state index contributed by atoms with van der Waals surface area (Å²) < 4.78 is 10.7. The van der Waals surface area contributed by atoms with Gasteiger partial charge in [0.25, 0.3) is 0 Å². The van der Waals surface area contributed by atoms with Crippen molar-refractivity contribution < 1.29 is 19.1 Å². The lowest BCUT2D eigenvalue weighted by molar-refractivity contribution is -0.148.